The van der Waals surface area contributed by atoms with Gasteiger partial charge < -0.3 is 23.7 Å². The Morgan fingerprint density at radius 2 is 1.91 bits per heavy atom. The van der Waals surface area contributed by atoms with E-state index in [1.807, 2.05) is 31.2 Å². The Kier molecular flexibility index (Phi) is 10.8. The average Bonchev–Trinajstić information content (AvgIpc) is 3.40. The number of carbonyl (C=O) groups excluding carboxylic acids is 3. The number of benzene rings is 1. The van der Waals surface area contributed by atoms with Crippen molar-refractivity contribution in [1.29, 1.82) is 0 Å². The summed E-state index contributed by atoms with van der Waals surface area (Å²) in [7, 11) is 1.56. The third-order valence-corrected chi connectivity index (χ3v) is 9.30. The summed E-state index contributed by atoms with van der Waals surface area (Å²) < 4.78 is 19.0. The summed E-state index contributed by atoms with van der Waals surface area (Å²) in [4.78, 5) is 49.8. The number of hydroxylamine groups is 1. The van der Waals surface area contributed by atoms with Crippen molar-refractivity contribution in [3.8, 4) is 0 Å². The molecule has 2 aromatic rings. The minimum atomic E-state index is -0.423. The zero-order valence-electron chi connectivity index (χ0n) is 27.3. The third kappa shape index (κ3) is 7.52. The van der Waals surface area contributed by atoms with Gasteiger partial charge in [0.1, 0.15) is 0 Å². The van der Waals surface area contributed by atoms with Gasteiger partial charge >= 0.3 is 6.03 Å². The number of aromatic nitrogens is 1. The minimum Gasteiger partial charge on any atom is -0.379 e. The molecular weight excluding hydrogens is 602 g/mol. The van der Waals surface area contributed by atoms with Crippen molar-refractivity contribution in [2.75, 3.05) is 66.3 Å². The fourth-order valence-electron chi connectivity index (χ4n) is 6.71. The maximum absolute atomic E-state index is 13.3. The molecule has 47 heavy (non-hydrogen) atoms. The number of urea groups is 1. The van der Waals surface area contributed by atoms with Crippen LogP contribution in [0.3, 0.4) is 0 Å². The highest BCUT2D eigenvalue weighted by atomic mass is 16.8. The van der Waals surface area contributed by atoms with Crippen LogP contribution < -0.4 is 16.0 Å². The van der Waals surface area contributed by atoms with E-state index in [0.717, 1.165) is 79.5 Å². The normalized spacial score (nSPS) is 22.8. The van der Waals surface area contributed by atoms with Gasteiger partial charge in [0.05, 0.1) is 38.9 Å². The fraction of sp³-hybridized carbons (Fsp3) is 0.514. The Morgan fingerprint density at radius 3 is 2.66 bits per heavy atom. The van der Waals surface area contributed by atoms with Gasteiger partial charge in [0.15, 0.2) is 6.29 Å². The molecule has 4 aliphatic rings. The number of ether oxygens (including phenoxy) is 3. The largest absolute Gasteiger partial charge is 0.379 e. The van der Waals surface area contributed by atoms with Crippen molar-refractivity contribution in [1.82, 2.24) is 24.7 Å². The Hall–Kier alpha value is -3.81. The molecule has 4 aliphatic heterocycles. The van der Waals surface area contributed by atoms with Gasteiger partial charge in [-0.15, -0.1) is 0 Å². The van der Waals surface area contributed by atoms with Gasteiger partial charge in [-0.05, 0) is 54.3 Å². The molecule has 1 N–H and O–H groups in total. The lowest BCUT2D eigenvalue weighted by Crippen LogP contribution is -2.56. The highest BCUT2D eigenvalue weighted by Crippen LogP contribution is 2.32. The van der Waals surface area contributed by atoms with E-state index in [2.05, 4.69) is 27.1 Å². The smallest absolute Gasteiger partial charge is 0.326 e. The molecule has 3 saturated heterocycles. The van der Waals surface area contributed by atoms with Crippen molar-refractivity contribution in [3.63, 3.8) is 0 Å². The molecule has 3 fully saturated rings. The van der Waals surface area contributed by atoms with E-state index < -0.39 is 12.2 Å². The number of rotatable bonds is 11. The summed E-state index contributed by atoms with van der Waals surface area (Å²) in [6.07, 6.45) is 10.4. The summed E-state index contributed by atoms with van der Waals surface area (Å²) in [5, 5.41) is 1.96. The number of morpholine rings is 1. The monoisotopic (exact) mass is 647 g/mol. The second-order valence-corrected chi connectivity index (χ2v) is 12.3. The lowest BCUT2D eigenvalue weighted by Gasteiger charge is -2.41. The van der Waals surface area contributed by atoms with E-state index in [1.54, 1.807) is 24.1 Å². The Balaban J connectivity index is 1.22. The second kappa shape index (κ2) is 15.4. The van der Waals surface area contributed by atoms with E-state index in [4.69, 9.17) is 19.0 Å². The zero-order chi connectivity index (χ0) is 32.8. The van der Waals surface area contributed by atoms with E-state index in [-0.39, 0.29) is 17.8 Å². The van der Waals surface area contributed by atoms with Crippen LogP contribution in [-0.4, -0.2) is 110 Å². The van der Waals surface area contributed by atoms with Gasteiger partial charge in [0.25, 0.3) is 5.91 Å². The number of imide groups is 1. The topological polar surface area (TPSA) is 115 Å². The predicted octanol–water partition coefficient (Wildman–Crippen LogP) is 1.70. The first kappa shape index (κ1) is 33.1. The molecule has 1 aromatic heterocycles. The summed E-state index contributed by atoms with van der Waals surface area (Å²) in [5.41, 5.74) is 5.90. The standard InChI is InChI=1S/C35H45N5O7/c1-3-27-29(8-4-6-17-44-19-14-38-15-20-45-21-16-38)40(30-24-39-23-28(32(27)30)34(42)37(2)35(39)43)22-25-10-12-26(13-11-25)33(41)36-47-31-9-5-7-18-46-31/h3-4,6,8,10-13,28,31H,5,7,9,14-24H2,1-2H3,(H,36,41)/b6-4-,27-3+,29-8+. The first-order chi connectivity index (χ1) is 22.9. The number of hydrogen-bond donors (Lipinski definition) is 1. The van der Waals surface area contributed by atoms with E-state index in [1.165, 1.54) is 4.90 Å². The van der Waals surface area contributed by atoms with Crippen molar-refractivity contribution < 1.29 is 33.4 Å². The van der Waals surface area contributed by atoms with Crippen LogP contribution in [0.2, 0.25) is 0 Å². The maximum Gasteiger partial charge on any atom is 0.326 e. The molecule has 1 aromatic carbocycles. The number of likely N-dealkylation sites (N-methyl/N-ethyl adjacent to an activating group) is 1. The van der Waals surface area contributed by atoms with Gasteiger partial charge in [0.2, 0.25) is 5.91 Å². The Labute approximate surface area is 275 Å². The lowest BCUT2D eigenvalue weighted by atomic mass is 9.90. The molecule has 0 spiro atoms. The molecular formula is C35H45N5O7. The highest BCUT2D eigenvalue weighted by Gasteiger charge is 2.44. The van der Waals surface area contributed by atoms with Gasteiger partial charge in [-0.2, -0.15) is 0 Å². The first-order valence-corrected chi connectivity index (χ1v) is 16.6. The molecule has 12 nitrogen and oxygen atoms in total. The van der Waals surface area contributed by atoms with Gasteiger partial charge in [-0.1, -0.05) is 30.4 Å². The van der Waals surface area contributed by atoms with Crippen LogP contribution in [-0.2, 0) is 36.9 Å². The van der Waals surface area contributed by atoms with Crippen molar-refractivity contribution in [2.24, 2.45) is 0 Å². The van der Waals surface area contributed by atoms with Crippen LogP contribution in [0.25, 0.3) is 12.2 Å². The van der Waals surface area contributed by atoms with Gasteiger partial charge in [-0.25, -0.2) is 15.1 Å². The van der Waals surface area contributed by atoms with E-state index in [0.29, 0.717) is 45.0 Å². The molecule has 12 heteroatoms. The molecule has 5 heterocycles. The second-order valence-electron chi connectivity index (χ2n) is 12.3. The molecule has 0 aliphatic carbocycles. The van der Waals surface area contributed by atoms with Crippen LogP contribution in [0.5, 0.6) is 0 Å². The Bertz CT molecular complexity index is 1590. The number of carbonyl (C=O) groups is 3. The van der Waals surface area contributed by atoms with Crippen molar-refractivity contribution >= 4 is 30.0 Å². The van der Waals surface area contributed by atoms with Crippen LogP contribution >= 0.6 is 0 Å². The average molecular weight is 648 g/mol. The van der Waals surface area contributed by atoms with Gasteiger partial charge in [0, 0.05) is 69.4 Å². The predicted molar refractivity (Wildman–Crippen MR) is 175 cm³/mol. The third-order valence-electron chi connectivity index (χ3n) is 9.30. The zero-order valence-corrected chi connectivity index (χ0v) is 27.3. The molecule has 4 amide bonds. The van der Waals surface area contributed by atoms with Crippen LogP contribution in [0.4, 0.5) is 4.79 Å². The molecule has 2 unspecified atom stereocenters. The number of nitrogens with zero attached hydrogens (tertiary/aromatic N) is 4. The van der Waals surface area contributed by atoms with Crippen molar-refractivity contribution in [3.05, 3.63) is 69.4 Å². The Morgan fingerprint density at radius 1 is 1.11 bits per heavy atom. The molecule has 252 valence electrons. The first-order valence-electron chi connectivity index (χ1n) is 16.6. The van der Waals surface area contributed by atoms with E-state index >= 15 is 0 Å². The van der Waals surface area contributed by atoms with Crippen molar-refractivity contribution in [2.45, 2.75) is 51.5 Å². The minimum absolute atomic E-state index is 0.181. The number of nitrogens with one attached hydrogen (secondary N) is 1. The maximum atomic E-state index is 13.3. The quantitative estimate of drug-likeness (QED) is 0.290. The molecule has 2 bridgehead atoms. The summed E-state index contributed by atoms with van der Waals surface area (Å²) in [5.74, 6) is -0.938. The number of allylic oxidation sites excluding steroid dienone is 1. The number of hydrogen-bond acceptors (Lipinski definition) is 8. The SMILES string of the molecule is C/C=c1/c2c(n(Cc3ccc(C(=O)NOC4CCCCO4)cc3)/c1=C/C=C\COCCN1CCOCC1)CN1CC2C(=O)N(C)C1=O. The summed E-state index contributed by atoms with van der Waals surface area (Å²) in [6.45, 7) is 9.34. The molecule has 0 saturated carbocycles. The van der Waals surface area contributed by atoms with E-state index in [9.17, 15) is 14.4 Å². The molecule has 6 rings (SSSR count). The molecule has 2 atom stereocenters. The van der Waals surface area contributed by atoms with Crippen LogP contribution in [0.1, 0.15) is 59.3 Å². The number of amides is 4. The fourth-order valence-corrected chi connectivity index (χ4v) is 6.71. The lowest BCUT2D eigenvalue weighted by molar-refractivity contribution is -0.186. The molecule has 0 radical (unpaired) electrons. The van der Waals surface area contributed by atoms with Gasteiger partial charge in [-0.3, -0.25) is 19.4 Å². The van der Waals surface area contributed by atoms with Crippen LogP contribution in [0, 0.1) is 0 Å². The number of fused-ring (bicyclic) bond motifs is 4. The summed E-state index contributed by atoms with van der Waals surface area (Å²) >= 11 is 0. The highest BCUT2D eigenvalue weighted by molar-refractivity contribution is 6.01. The summed E-state index contributed by atoms with van der Waals surface area (Å²) in [6, 6.07) is 7.11. The van der Waals surface area contributed by atoms with Crippen LogP contribution in [0.15, 0.2) is 36.4 Å².